The van der Waals surface area contributed by atoms with Crippen LogP contribution in [0.15, 0.2) is 53.3 Å². The Morgan fingerprint density at radius 1 is 1.21 bits per heavy atom. The average Bonchev–Trinajstić information content (AvgIpc) is 3.31. The molecule has 1 aromatic heterocycles. The van der Waals surface area contributed by atoms with Crippen molar-refractivity contribution in [3.05, 3.63) is 64.4 Å². The van der Waals surface area contributed by atoms with Crippen molar-refractivity contribution in [3.8, 4) is 0 Å². The maximum absolute atomic E-state index is 13.3. The van der Waals surface area contributed by atoms with Gasteiger partial charge in [-0.25, -0.2) is 0 Å². The lowest BCUT2D eigenvalue weighted by Gasteiger charge is -2.27. The summed E-state index contributed by atoms with van der Waals surface area (Å²) in [7, 11) is 0. The van der Waals surface area contributed by atoms with Gasteiger partial charge in [-0.05, 0) is 48.4 Å². The monoisotopic (exact) mass is 457 g/mol. The van der Waals surface area contributed by atoms with Crippen LogP contribution in [0.3, 0.4) is 0 Å². The van der Waals surface area contributed by atoms with E-state index in [1.165, 1.54) is 0 Å². The third-order valence-corrected chi connectivity index (χ3v) is 5.82. The second-order valence-electron chi connectivity index (χ2n) is 7.17. The molecular weight excluding hydrogens is 438 g/mol. The van der Waals surface area contributed by atoms with Gasteiger partial charge in [0.2, 0.25) is 5.91 Å². The second-order valence-corrected chi connectivity index (χ2v) is 8.09. The molecule has 150 valence electrons. The Morgan fingerprint density at radius 3 is 2.66 bits per heavy atom. The van der Waals surface area contributed by atoms with Crippen molar-refractivity contribution in [3.63, 3.8) is 0 Å². The van der Waals surface area contributed by atoms with Crippen molar-refractivity contribution in [2.75, 3.05) is 13.2 Å². The van der Waals surface area contributed by atoms with Gasteiger partial charge in [-0.2, -0.15) is 0 Å². The van der Waals surface area contributed by atoms with E-state index in [2.05, 4.69) is 26.2 Å². The van der Waals surface area contributed by atoms with E-state index < -0.39 is 12.1 Å². The van der Waals surface area contributed by atoms with E-state index >= 15 is 0 Å². The number of nitrogens with one attached hydrogen (secondary N) is 1. The van der Waals surface area contributed by atoms with E-state index in [1.54, 1.807) is 41.6 Å². The number of carbonyl (C=O) groups is 3. The zero-order valence-electron chi connectivity index (χ0n) is 15.6. The first kappa shape index (κ1) is 19.7. The standard InChI is InChI=1S/C21H20BrN3O4/c22-15-3-1-14(2-4-15)20(27)24-16(11-13-5-8-23-9-6-13)21(28)25-10-7-18-19(25)17(26)12-29-18/h1-6,8-9,16,18-19H,7,10-12H2,(H,24,27). The van der Waals surface area contributed by atoms with Crippen molar-refractivity contribution < 1.29 is 19.1 Å². The van der Waals surface area contributed by atoms with E-state index in [1.807, 2.05) is 12.1 Å². The van der Waals surface area contributed by atoms with Crippen LogP contribution in [0.2, 0.25) is 0 Å². The topological polar surface area (TPSA) is 88.6 Å². The fraction of sp³-hybridized carbons (Fsp3) is 0.333. The number of nitrogens with zero attached hydrogens (tertiary/aromatic N) is 2. The van der Waals surface area contributed by atoms with E-state index in [9.17, 15) is 14.4 Å². The number of amides is 2. The number of rotatable bonds is 5. The molecule has 2 aliphatic heterocycles. The lowest BCUT2D eigenvalue weighted by atomic mass is 10.0. The van der Waals surface area contributed by atoms with Crippen molar-refractivity contribution >= 4 is 33.5 Å². The highest BCUT2D eigenvalue weighted by molar-refractivity contribution is 9.10. The van der Waals surface area contributed by atoms with E-state index in [-0.39, 0.29) is 30.3 Å². The summed E-state index contributed by atoms with van der Waals surface area (Å²) in [4.78, 5) is 43.9. The molecule has 0 bridgehead atoms. The number of pyridine rings is 1. The average molecular weight is 458 g/mol. The van der Waals surface area contributed by atoms with Crippen LogP contribution in [0.5, 0.6) is 0 Å². The third kappa shape index (κ3) is 4.23. The molecule has 3 heterocycles. The molecule has 3 unspecified atom stereocenters. The van der Waals surface area contributed by atoms with Gasteiger partial charge >= 0.3 is 0 Å². The molecule has 3 atom stereocenters. The van der Waals surface area contributed by atoms with Gasteiger partial charge in [0, 0.05) is 35.4 Å². The Labute approximate surface area is 176 Å². The molecule has 2 amide bonds. The SMILES string of the molecule is O=C(NC(Cc1ccncc1)C(=O)N1CCC2OCC(=O)C21)c1ccc(Br)cc1. The molecular formula is C21H20BrN3O4. The van der Waals surface area contributed by atoms with Crippen molar-refractivity contribution in [1.29, 1.82) is 0 Å². The van der Waals surface area contributed by atoms with Crippen molar-refractivity contribution in [2.45, 2.75) is 31.0 Å². The number of Topliss-reactive ketones (excluding diaryl/α,β-unsaturated/α-hetero) is 1. The van der Waals surface area contributed by atoms with Crippen LogP contribution >= 0.6 is 15.9 Å². The van der Waals surface area contributed by atoms with Crippen LogP contribution in [0.4, 0.5) is 0 Å². The maximum Gasteiger partial charge on any atom is 0.251 e. The van der Waals surface area contributed by atoms with Crippen LogP contribution in [-0.4, -0.2) is 58.8 Å². The first-order valence-corrected chi connectivity index (χ1v) is 10.2. The number of likely N-dealkylation sites (tertiary alicyclic amines) is 1. The summed E-state index contributed by atoms with van der Waals surface area (Å²) < 4.78 is 6.35. The summed E-state index contributed by atoms with van der Waals surface area (Å²) in [6.07, 6.45) is 3.99. The fourth-order valence-corrected chi connectivity index (χ4v) is 4.10. The lowest BCUT2D eigenvalue weighted by molar-refractivity contribution is -0.138. The Balaban J connectivity index is 1.56. The number of ketones is 1. The van der Waals surface area contributed by atoms with Gasteiger partial charge in [-0.15, -0.1) is 0 Å². The zero-order valence-corrected chi connectivity index (χ0v) is 17.2. The highest BCUT2D eigenvalue weighted by Crippen LogP contribution is 2.28. The van der Waals surface area contributed by atoms with Crippen molar-refractivity contribution in [2.24, 2.45) is 0 Å². The third-order valence-electron chi connectivity index (χ3n) is 5.29. The molecule has 2 saturated heterocycles. The Bertz CT molecular complexity index is 919. The molecule has 2 aromatic rings. The summed E-state index contributed by atoms with van der Waals surface area (Å²) >= 11 is 3.35. The Morgan fingerprint density at radius 2 is 1.93 bits per heavy atom. The maximum atomic E-state index is 13.3. The molecule has 0 spiro atoms. The van der Waals surface area contributed by atoms with Crippen LogP contribution in [0.1, 0.15) is 22.3 Å². The highest BCUT2D eigenvalue weighted by Gasteiger charge is 2.48. The predicted molar refractivity (Wildman–Crippen MR) is 108 cm³/mol. The van der Waals surface area contributed by atoms with Gasteiger partial charge in [0.05, 0.1) is 6.10 Å². The molecule has 2 aliphatic rings. The van der Waals surface area contributed by atoms with Gasteiger partial charge in [0.15, 0.2) is 5.78 Å². The van der Waals surface area contributed by atoms with Gasteiger partial charge in [-0.3, -0.25) is 19.4 Å². The quantitative estimate of drug-likeness (QED) is 0.738. The number of hydrogen-bond acceptors (Lipinski definition) is 5. The number of hydrogen-bond donors (Lipinski definition) is 1. The number of ether oxygens (including phenoxy) is 1. The number of aromatic nitrogens is 1. The predicted octanol–water partition coefficient (Wildman–Crippen LogP) is 1.75. The molecule has 1 aromatic carbocycles. The van der Waals surface area contributed by atoms with Crippen molar-refractivity contribution in [1.82, 2.24) is 15.2 Å². The largest absolute Gasteiger partial charge is 0.368 e. The molecule has 8 heteroatoms. The smallest absolute Gasteiger partial charge is 0.251 e. The minimum atomic E-state index is -0.791. The van der Waals surface area contributed by atoms with Crippen LogP contribution < -0.4 is 5.32 Å². The van der Waals surface area contributed by atoms with Gasteiger partial charge in [0.25, 0.3) is 5.91 Å². The summed E-state index contributed by atoms with van der Waals surface area (Å²) in [5.74, 6) is -0.684. The normalized spacial score (nSPS) is 21.7. The van der Waals surface area contributed by atoms with E-state index in [0.717, 1.165) is 10.0 Å². The molecule has 1 N–H and O–H groups in total. The van der Waals surface area contributed by atoms with Crippen LogP contribution in [0, 0.1) is 0 Å². The first-order chi connectivity index (χ1) is 14.0. The van der Waals surface area contributed by atoms with Gasteiger partial charge in [0.1, 0.15) is 18.7 Å². The van der Waals surface area contributed by atoms with Gasteiger partial charge in [-0.1, -0.05) is 15.9 Å². The molecule has 2 fully saturated rings. The summed E-state index contributed by atoms with van der Waals surface area (Å²) in [5, 5.41) is 2.85. The minimum absolute atomic E-state index is 0.0411. The minimum Gasteiger partial charge on any atom is -0.368 e. The second kappa shape index (κ2) is 8.42. The summed E-state index contributed by atoms with van der Waals surface area (Å²) in [5.41, 5.74) is 1.33. The highest BCUT2D eigenvalue weighted by atomic mass is 79.9. The number of benzene rings is 1. The number of halogens is 1. The summed E-state index contributed by atoms with van der Waals surface area (Å²) in [6.45, 7) is 0.486. The lowest BCUT2D eigenvalue weighted by Crippen LogP contribution is -2.53. The Hall–Kier alpha value is -2.58. The van der Waals surface area contributed by atoms with Gasteiger partial charge < -0.3 is 15.0 Å². The molecule has 0 aliphatic carbocycles. The summed E-state index contributed by atoms with van der Waals surface area (Å²) in [6, 6.07) is 9.20. The van der Waals surface area contributed by atoms with Crippen LogP contribution in [0.25, 0.3) is 0 Å². The fourth-order valence-electron chi connectivity index (χ4n) is 3.84. The zero-order chi connectivity index (χ0) is 20.4. The molecule has 0 saturated carbocycles. The molecule has 4 rings (SSSR count). The van der Waals surface area contributed by atoms with Crippen LogP contribution in [-0.2, 0) is 20.7 Å². The molecule has 0 radical (unpaired) electrons. The number of fused-ring (bicyclic) bond motifs is 1. The Kier molecular flexibility index (Phi) is 5.73. The van der Waals surface area contributed by atoms with E-state index in [4.69, 9.17) is 4.74 Å². The number of carbonyl (C=O) groups excluding carboxylic acids is 3. The van der Waals surface area contributed by atoms with E-state index in [0.29, 0.717) is 24.9 Å². The first-order valence-electron chi connectivity index (χ1n) is 9.43. The molecule has 29 heavy (non-hydrogen) atoms. The molecule has 7 nitrogen and oxygen atoms in total.